The number of hydrogen-bond donors (Lipinski definition) is 1. The maximum atomic E-state index is 13.3. The molecule has 1 aromatic carbocycles. The average Bonchev–Trinajstić information content (AvgIpc) is 2.23. The molecule has 0 aliphatic heterocycles. The van der Waals surface area contributed by atoms with Gasteiger partial charge in [-0.25, -0.2) is 4.39 Å². The van der Waals surface area contributed by atoms with E-state index in [0.29, 0.717) is 16.6 Å². The predicted octanol–water partition coefficient (Wildman–Crippen LogP) is 3.91. The lowest BCUT2D eigenvalue weighted by molar-refractivity contribution is 0.455. The standard InChI is InChI=1S/C13H19BrFN/c1-4-9(2)16-10(3)7-11-5-6-12(14)13(15)8-11/h5-6,8-10,16H,4,7H2,1-3H3. The Morgan fingerprint density at radius 1 is 1.31 bits per heavy atom. The van der Waals surface area contributed by atoms with Crippen molar-refractivity contribution in [3.05, 3.63) is 34.1 Å². The Hall–Kier alpha value is -0.410. The van der Waals surface area contributed by atoms with E-state index in [-0.39, 0.29) is 5.82 Å². The lowest BCUT2D eigenvalue weighted by atomic mass is 10.1. The Morgan fingerprint density at radius 3 is 2.56 bits per heavy atom. The first-order valence-corrected chi connectivity index (χ1v) is 6.52. The van der Waals surface area contributed by atoms with E-state index in [1.54, 1.807) is 12.1 Å². The van der Waals surface area contributed by atoms with E-state index in [0.717, 1.165) is 18.4 Å². The van der Waals surface area contributed by atoms with Gasteiger partial charge in [-0.2, -0.15) is 0 Å². The van der Waals surface area contributed by atoms with E-state index >= 15 is 0 Å². The van der Waals surface area contributed by atoms with Gasteiger partial charge in [0.15, 0.2) is 0 Å². The molecule has 16 heavy (non-hydrogen) atoms. The third-order valence-electron chi connectivity index (χ3n) is 2.71. The smallest absolute Gasteiger partial charge is 0.137 e. The molecular formula is C13H19BrFN. The van der Waals surface area contributed by atoms with Gasteiger partial charge in [0.05, 0.1) is 4.47 Å². The predicted molar refractivity (Wildman–Crippen MR) is 70.2 cm³/mol. The van der Waals surface area contributed by atoms with Crippen molar-refractivity contribution in [2.45, 2.75) is 45.7 Å². The molecule has 0 aromatic heterocycles. The molecule has 0 bridgehead atoms. The number of rotatable bonds is 5. The minimum atomic E-state index is -0.187. The van der Waals surface area contributed by atoms with Crippen LogP contribution in [0.5, 0.6) is 0 Å². The lowest BCUT2D eigenvalue weighted by Gasteiger charge is -2.18. The molecule has 1 aromatic rings. The second-order valence-corrected chi connectivity index (χ2v) is 5.18. The average molecular weight is 288 g/mol. The molecule has 0 heterocycles. The molecule has 0 saturated heterocycles. The van der Waals surface area contributed by atoms with Crippen molar-refractivity contribution < 1.29 is 4.39 Å². The van der Waals surface area contributed by atoms with Crippen LogP contribution in [0.1, 0.15) is 32.8 Å². The second kappa shape index (κ2) is 6.36. The minimum absolute atomic E-state index is 0.187. The highest BCUT2D eigenvalue weighted by Gasteiger charge is 2.08. The number of nitrogens with one attached hydrogen (secondary N) is 1. The fourth-order valence-corrected chi connectivity index (χ4v) is 1.93. The number of hydrogen-bond acceptors (Lipinski definition) is 1. The first-order valence-electron chi connectivity index (χ1n) is 5.73. The molecule has 3 heteroatoms. The zero-order chi connectivity index (χ0) is 12.1. The molecule has 1 nitrogen and oxygen atoms in total. The van der Waals surface area contributed by atoms with Crippen molar-refractivity contribution in [2.75, 3.05) is 0 Å². The Labute approximate surface area is 106 Å². The molecule has 0 spiro atoms. The van der Waals surface area contributed by atoms with Gasteiger partial charge in [0.2, 0.25) is 0 Å². The summed E-state index contributed by atoms with van der Waals surface area (Å²) in [4.78, 5) is 0. The largest absolute Gasteiger partial charge is 0.311 e. The summed E-state index contributed by atoms with van der Waals surface area (Å²) in [6.07, 6.45) is 1.97. The first kappa shape index (κ1) is 13.7. The van der Waals surface area contributed by atoms with Crippen molar-refractivity contribution in [1.82, 2.24) is 5.32 Å². The molecule has 0 aliphatic rings. The highest BCUT2D eigenvalue weighted by Crippen LogP contribution is 2.17. The fourth-order valence-electron chi connectivity index (χ4n) is 1.68. The van der Waals surface area contributed by atoms with Gasteiger partial charge in [0.25, 0.3) is 0 Å². The minimum Gasteiger partial charge on any atom is -0.311 e. The Bertz CT molecular complexity index is 341. The Balaban J connectivity index is 2.56. The van der Waals surface area contributed by atoms with Crippen molar-refractivity contribution in [2.24, 2.45) is 0 Å². The molecule has 1 rings (SSSR count). The van der Waals surface area contributed by atoms with Gasteiger partial charge in [0, 0.05) is 12.1 Å². The summed E-state index contributed by atoms with van der Waals surface area (Å²) in [5.41, 5.74) is 1.03. The maximum Gasteiger partial charge on any atom is 0.137 e. The van der Waals surface area contributed by atoms with Crippen LogP contribution in [0, 0.1) is 5.82 Å². The summed E-state index contributed by atoms with van der Waals surface area (Å²) in [7, 11) is 0. The van der Waals surface area contributed by atoms with E-state index < -0.39 is 0 Å². The van der Waals surface area contributed by atoms with Crippen LogP contribution in [0.25, 0.3) is 0 Å². The van der Waals surface area contributed by atoms with Crippen LogP contribution >= 0.6 is 15.9 Å². The van der Waals surface area contributed by atoms with Crippen molar-refractivity contribution in [3.63, 3.8) is 0 Å². The van der Waals surface area contributed by atoms with Gasteiger partial charge in [-0.1, -0.05) is 13.0 Å². The summed E-state index contributed by atoms with van der Waals surface area (Å²) in [5.74, 6) is -0.187. The molecule has 0 aliphatic carbocycles. The van der Waals surface area contributed by atoms with Crippen molar-refractivity contribution in [3.8, 4) is 0 Å². The molecule has 0 radical (unpaired) electrons. The fraction of sp³-hybridized carbons (Fsp3) is 0.538. The topological polar surface area (TPSA) is 12.0 Å². The third kappa shape index (κ3) is 4.22. The summed E-state index contributed by atoms with van der Waals surface area (Å²) < 4.78 is 13.8. The van der Waals surface area contributed by atoms with Crippen molar-refractivity contribution >= 4 is 15.9 Å². The lowest BCUT2D eigenvalue weighted by Crippen LogP contribution is -2.35. The Morgan fingerprint density at radius 2 is 2.00 bits per heavy atom. The highest BCUT2D eigenvalue weighted by molar-refractivity contribution is 9.10. The van der Waals surface area contributed by atoms with Gasteiger partial charge in [-0.15, -0.1) is 0 Å². The quantitative estimate of drug-likeness (QED) is 0.866. The first-order chi connectivity index (χ1) is 7.52. The maximum absolute atomic E-state index is 13.3. The van der Waals surface area contributed by atoms with Gasteiger partial charge in [-0.05, 0) is 60.3 Å². The number of halogens is 2. The summed E-state index contributed by atoms with van der Waals surface area (Å²) in [6.45, 7) is 6.45. The highest BCUT2D eigenvalue weighted by atomic mass is 79.9. The monoisotopic (exact) mass is 287 g/mol. The van der Waals surface area contributed by atoms with E-state index in [2.05, 4.69) is 42.0 Å². The Kier molecular flexibility index (Phi) is 5.42. The van der Waals surface area contributed by atoms with Gasteiger partial charge in [-0.3, -0.25) is 0 Å². The molecule has 1 N–H and O–H groups in total. The van der Waals surface area contributed by atoms with Crippen LogP contribution in [0.3, 0.4) is 0 Å². The van der Waals surface area contributed by atoms with Crippen LogP contribution in [0.2, 0.25) is 0 Å². The van der Waals surface area contributed by atoms with Crippen LogP contribution in [-0.2, 0) is 6.42 Å². The van der Waals surface area contributed by atoms with E-state index in [9.17, 15) is 4.39 Å². The van der Waals surface area contributed by atoms with Gasteiger partial charge >= 0.3 is 0 Å². The molecule has 90 valence electrons. The summed E-state index contributed by atoms with van der Waals surface area (Å²) in [5, 5.41) is 3.48. The van der Waals surface area contributed by atoms with Crippen LogP contribution in [0.15, 0.2) is 22.7 Å². The molecular weight excluding hydrogens is 269 g/mol. The zero-order valence-corrected chi connectivity index (χ0v) is 11.6. The van der Waals surface area contributed by atoms with Gasteiger partial charge in [0.1, 0.15) is 5.82 Å². The summed E-state index contributed by atoms with van der Waals surface area (Å²) >= 11 is 3.16. The van der Waals surface area contributed by atoms with E-state index in [1.165, 1.54) is 0 Å². The number of benzene rings is 1. The zero-order valence-electron chi connectivity index (χ0n) is 10.1. The normalized spacial score (nSPS) is 14.8. The molecule has 0 amide bonds. The van der Waals surface area contributed by atoms with Gasteiger partial charge < -0.3 is 5.32 Å². The van der Waals surface area contributed by atoms with E-state index in [1.807, 2.05) is 6.07 Å². The van der Waals surface area contributed by atoms with Crippen molar-refractivity contribution in [1.29, 1.82) is 0 Å². The molecule has 2 unspecified atom stereocenters. The molecule has 0 fully saturated rings. The SMILES string of the molecule is CCC(C)NC(C)Cc1ccc(Br)c(F)c1. The second-order valence-electron chi connectivity index (χ2n) is 4.33. The van der Waals surface area contributed by atoms with Crippen LogP contribution in [0.4, 0.5) is 4.39 Å². The third-order valence-corrected chi connectivity index (χ3v) is 3.35. The molecule has 0 saturated carbocycles. The van der Waals surface area contributed by atoms with Crippen LogP contribution < -0.4 is 5.32 Å². The summed E-state index contributed by atoms with van der Waals surface area (Å²) in [6, 6.07) is 6.20. The van der Waals surface area contributed by atoms with E-state index in [4.69, 9.17) is 0 Å². The molecule has 2 atom stereocenters. The van der Waals surface area contributed by atoms with Crippen LogP contribution in [-0.4, -0.2) is 12.1 Å².